The van der Waals surface area contributed by atoms with Gasteiger partial charge in [0.15, 0.2) is 0 Å². The summed E-state index contributed by atoms with van der Waals surface area (Å²) < 4.78 is 5.68. The van der Waals surface area contributed by atoms with Crippen molar-refractivity contribution in [1.29, 1.82) is 0 Å². The van der Waals surface area contributed by atoms with E-state index in [1.807, 2.05) is 0 Å². The van der Waals surface area contributed by atoms with E-state index < -0.39 is 0 Å². The molecule has 1 saturated heterocycles. The SMILES string of the molecule is COc1cc(C=C2SC(=S)NC2=O)c(O)c(-c2cc(Cl)cc(Cl)c2)c1. The number of carbonyl (C=O) groups is 1. The van der Waals surface area contributed by atoms with Crippen molar-refractivity contribution in [3.05, 3.63) is 50.8 Å². The Kier molecular flexibility index (Phi) is 5.24. The average Bonchev–Trinajstić information content (AvgIpc) is 2.85. The fourth-order valence-corrected chi connectivity index (χ4v) is 3.91. The maximum atomic E-state index is 11.9. The maximum Gasteiger partial charge on any atom is 0.263 e. The summed E-state index contributed by atoms with van der Waals surface area (Å²) in [5, 5.41) is 14.1. The quantitative estimate of drug-likeness (QED) is 0.557. The van der Waals surface area contributed by atoms with Crippen LogP contribution in [-0.2, 0) is 4.79 Å². The molecular weight excluding hydrogens is 401 g/mol. The fourth-order valence-electron chi connectivity index (χ4n) is 2.35. The highest BCUT2D eigenvalue weighted by molar-refractivity contribution is 8.26. The molecule has 8 heteroatoms. The van der Waals surface area contributed by atoms with Crippen LogP contribution in [0.3, 0.4) is 0 Å². The van der Waals surface area contributed by atoms with Gasteiger partial charge in [-0.1, -0.05) is 47.2 Å². The first kappa shape index (κ1) is 18.1. The molecule has 128 valence electrons. The fraction of sp³-hybridized carbons (Fsp3) is 0.0588. The summed E-state index contributed by atoms with van der Waals surface area (Å²) in [4.78, 5) is 12.3. The van der Waals surface area contributed by atoms with E-state index in [2.05, 4.69) is 5.32 Å². The zero-order valence-corrected chi connectivity index (χ0v) is 15.9. The van der Waals surface area contributed by atoms with Crippen LogP contribution in [0.4, 0.5) is 0 Å². The van der Waals surface area contributed by atoms with Crippen LogP contribution >= 0.6 is 47.2 Å². The number of aromatic hydroxyl groups is 1. The monoisotopic (exact) mass is 411 g/mol. The van der Waals surface area contributed by atoms with Crippen LogP contribution in [0.5, 0.6) is 11.5 Å². The lowest BCUT2D eigenvalue weighted by atomic mass is 10.0. The second-order valence-electron chi connectivity index (χ2n) is 5.12. The Morgan fingerprint density at radius 2 is 1.88 bits per heavy atom. The van der Waals surface area contributed by atoms with Gasteiger partial charge in [-0.2, -0.15) is 0 Å². The average molecular weight is 412 g/mol. The van der Waals surface area contributed by atoms with E-state index in [9.17, 15) is 9.90 Å². The maximum absolute atomic E-state index is 11.9. The Bertz CT molecular complexity index is 908. The van der Waals surface area contributed by atoms with Crippen molar-refractivity contribution in [2.24, 2.45) is 0 Å². The molecule has 0 atom stereocenters. The second-order valence-corrected chi connectivity index (χ2v) is 7.71. The molecule has 4 nitrogen and oxygen atoms in total. The summed E-state index contributed by atoms with van der Waals surface area (Å²) in [5.74, 6) is 0.198. The molecule has 1 aliphatic heterocycles. The summed E-state index contributed by atoms with van der Waals surface area (Å²) in [7, 11) is 1.52. The highest BCUT2D eigenvalue weighted by atomic mass is 35.5. The minimum Gasteiger partial charge on any atom is -0.507 e. The first-order chi connectivity index (χ1) is 11.9. The minimum atomic E-state index is -0.301. The molecular formula is C17H11Cl2NO3S2. The van der Waals surface area contributed by atoms with E-state index in [4.69, 9.17) is 40.2 Å². The first-order valence-corrected chi connectivity index (χ1v) is 8.98. The highest BCUT2D eigenvalue weighted by Gasteiger charge is 2.23. The van der Waals surface area contributed by atoms with Gasteiger partial charge in [-0.3, -0.25) is 4.79 Å². The Balaban J connectivity index is 2.16. The summed E-state index contributed by atoms with van der Waals surface area (Å²) in [6, 6.07) is 8.28. The number of ether oxygens (including phenoxy) is 1. The third kappa shape index (κ3) is 3.93. The largest absolute Gasteiger partial charge is 0.507 e. The molecule has 3 rings (SSSR count). The Morgan fingerprint density at radius 1 is 1.20 bits per heavy atom. The van der Waals surface area contributed by atoms with Gasteiger partial charge in [0.1, 0.15) is 15.8 Å². The van der Waals surface area contributed by atoms with Crippen LogP contribution in [-0.4, -0.2) is 22.4 Å². The van der Waals surface area contributed by atoms with Gasteiger partial charge in [0, 0.05) is 21.2 Å². The van der Waals surface area contributed by atoms with E-state index in [0.29, 0.717) is 41.7 Å². The molecule has 2 N–H and O–H groups in total. The van der Waals surface area contributed by atoms with E-state index in [1.54, 1.807) is 36.4 Å². The summed E-state index contributed by atoms with van der Waals surface area (Å²) in [5.41, 5.74) is 1.54. The van der Waals surface area contributed by atoms with Gasteiger partial charge in [0.05, 0.1) is 12.0 Å². The van der Waals surface area contributed by atoms with Crippen LogP contribution < -0.4 is 10.1 Å². The van der Waals surface area contributed by atoms with Crippen molar-refractivity contribution in [3.63, 3.8) is 0 Å². The van der Waals surface area contributed by atoms with Gasteiger partial charge in [0.25, 0.3) is 5.91 Å². The van der Waals surface area contributed by atoms with Crippen molar-refractivity contribution < 1.29 is 14.6 Å². The standard InChI is InChI=1S/C17H11Cl2NO3S2/c1-23-12-4-9(5-14-16(22)20-17(24)25-14)15(21)13(7-12)8-2-10(18)6-11(19)3-8/h2-7,21H,1H3,(H,20,22,24). The smallest absolute Gasteiger partial charge is 0.263 e. The third-order valence-corrected chi connectivity index (χ3v) is 5.05. The van der Waals surface area contributed by atoms with Crippen LogP contribution in [0.2, 0.25) is 10.0 Å². The first-order valence-electron chi connectivity index (χ1n) is 6.99. The molecule has 0 unspecified atom stereocenters. The number of carbonyl (C=O) groups excluding carboxylic acids is 1. The van der Waals surface area contributed by atoms with Gasteiger partial charge in [0.2, 0.25) is 0 Å². The Hall–Kier alpha value is -1.73. The molecule has 25 heavy (non-hydrogen) atoms. The number of benzene rings is 2. The predicted octanol–water partition coefficient (Wildman–Crippen LogP) is 4.86. The van der Waals surface area contributed by atoms with Crippen molar-refractivity contribution in [1.82, 2.24) is 5.32 Å². The van der Waals surface area contributed by atoms with Gasteiger partial charge >= 0.3 is 0 Å². The predicted molar refractivity (Wildman–Crippen MR) is 106 cm³/mol. The number of rotatable bonds is 3. The molecule has 1 fully saturated rings. The zero-order valence-electron chi connectivity index (χ0n) is 12.8. The number of hydrogen-bond donors (Lipinski definition) is 2. The number of amides is 1. The lowest BCUT2D eigenvalue weighted by molar-refractivity contribution is -0.115. The van der Waals surface area contributed by atoms with Gasteiger partial charge in [-0.25, -0.2) is 0 Å². The summed E-state index contributed by atoms with van der Waals surface area (Å²) in [6.45, 7) is 0. The van der Waals surface area contributed by atoms with Crippen molar-refractivity contribution in [3.8, 4) is 22.6 Å². The molecule has 1 amide bonds. The van der Waals surface area contributed by atoms with Crippen LogP contribution in [0.1, 0.15) is 5.56 Å². The van der Waals surface area contributed by atoms with Crippen LogP contribution in [0.25, 0.3) is 17.2 Å². The van der Waals surface area contributed by atoms with Crippen molar-refractivity contribution in [2.75, 3.05) is 7.11 Å². The minimum absolute atomic E-state index is 0.0159. The number of halogens is 2. The number of thiocarbonyl (C=S) groups is 1. The molecule has 1 heterocycles. The van der Waals surface area contributed by atoms with Gasteiger partial charge < -0.3 is 15.2 Å². The van der Waals surface area contributed by atoms with E-state index in [1.165, 1.54) is 7.11 Å². The van der Waals surface area contributed by atoms with E-state index in [0.717, 1.165) is 11.8 Å². The second kappa shape index (κ2) is 7.25. The van der Waals surface area contributed by atoms with Crippen molar-refractivity contribution in [2.45, 2.75) is 0 Å². The normalized spacial score (nSPS) is 15.6. The molecule has 2 aromatic carbocycles. The van der Waals surface area contributed by atoms with Gasteiger partial charge in [-0.05, 0) is 42.0 Å². The lowest BCUT2D eigenvalue weighted by Gasteiger charge is -2.12. The number of thioether (sulfide) groups is 1. The summed E-state index contributed by atoms with van der Waals surface area (Å²) in [6.07, 6.45) is 1.56. The summed E-state index contributed by atoms with van der Waals surface area (Å²) >= 11 is 18.2. The number of nitrogens with one attached hydrogen (secondary N) is 1. The van der Waals surface area contributed by atoms with Gasteiger partial charge in [-0.15, -0.1) is 0 Å². The molecule has 2 aromatic rings. The Labute approximate surface area is 163 Å². The van der Waals surface area contributed by atoms with E-state index in [-0.39, 0.29) is 11.7 Å². The number of phenols is 1. The van der Waals surface area contributed by atoms with Crippen LogP contribution in [0.15, 0.2) is 35.2 Å². The molecule has 0 aliphatic carbocycles. The van der Waals surface area contributed by atoms with E-state index >= 15 is 0 Å². The molecule has 0 saturated carbocycles. The lowest BCUT2D eigenvalue weighted by Crippen LogP contribution is -2.17. The van der Waals surface area contributed by atoms with Crippen LogP contribution in [0, 0.1) is 0 Å². The topological polar surface area (TPSA) is 58.6 Å². The molecule has 0 radical (unpaired) electrons. The number of hydrogen-bond acceptors (Lipinski definition) is 5. The zero-order chi connectivity index (χ0) is 18.1. The molecule has 0 spiro atoms. The third-order valence-electron chi connectivity index (χ3n) is 3.45. The number of methoxy groups -OCH3 is 1. The molecule has 1 aliphatic rings. The Morgan fingerprint density at radius 3 is 2.44 bits per heavy atom. The molecule has 0 aromatic heterocycles. The number of phenolic OH excluding ortho intramolecular Hbond substituents is 1. The molecule has 0 bridgehead atoms. The highest BCUT2D eigenvalue weighted by Crippen LogP contribution is 2.40. The van der Waals surface area contributed by atoms with Crippen molar-refractivity contribution >= 4 is 63.5 Å².